The molecule has 1 atom stereocenters. The molecule has 3 heteroatoms. The summed E-state index contributed by atoms with van der Waals surface area (Å²) >= 11 is 0. The first-order valence-electron chi connectivity index (χ1n) is 9.34. The quantitative estimate of drug-likeness (QED) is 0.710. The molecule has 136 valence electrons. The molecule has 2 aliphatic rings. The van der Waals surface area contributed by atoms with Crippen LogP contribution in [0, 0.1) is 12.3 Å². The normalized spacial score (nSPS) is 26.9. The van der Waals surface area contributed by atoms with Gasteiger partial charge in [-0.25, -0.2) is 0 Å². The van der Waals surface area contributed by atoms with Crippen molar-refractivity contribution in [3.8, 4) is 11.5 Å². The maximum absolute atomic E-state index is 12.4. The molecule has 25 heavy (non-hydrogen) atoms. The molecule has 0 spiro atoms. The van der Waals surface area contributed by atoms with Gasteiger partial charge in [0.2, 0.25) is 0 Å². The molecule has 0 aromatic heterocycles. The zero-order valence-corrected chi connectivity index (χ0v) is 16.2. The monoisotopic (exact) mass is 342 g/mol. The van der Waals surface area contributed by atoms with Crippen molar-refractivity contribution in [2.75, 3.05) is 7.11 Å². The topological polar surface area (TPSA) is 35.5 Å². The van der Waals surface area contributed by atoms with Crippen molar-refractivity contribution in [3.63, 3.8) is 0 Å². The number of carbonyl (C=O) groups excluding carboxylic acids is 1. The Balaban J connectivity index is 1.83. The maximum atomic E-state index is 12.4. The van der Waals surface area contributed by atoms with Gasteiger partial charge in [0, 0.05) is 18.4 Å². The van der Waals surface area contributed by atoms with Gasteiger partial charge < -0.3 is 9.47 Å². The highest BCUT2D eigenvalue weighted by molar-refractivity contribution is 5.97. The van der Waals surface area contributed by atoms with E-state index in [-0.39, 0.29) is 11.0 Å². The standard InChI is InChI=1S/C22H30O3/c1-15-13-19(24-5)16-8-11-22(4,25-20(16)14-15)12-9-17-18(23)7-6-10-21(17,2)3/h9,13-14H,6-8,10-12H2,1-5H3/b17-9+/t22-/m1/s1. The van der Waals surface area contributed by atoms with Crippen LogP contribution in [0.4, 0.5) is 0 Å². The Kier molecular flexibility index (Phi) is 4.70. The molecule has 0 bridgehead atoms. The largest absolute Gasteiger partial charge is 0.496 e. The van der Waals surface area contributed by atoms with E-state index in [0.717, 1.165) is 60.3 Å². The van der Waals surface area contributed by atoms with E-state index < -0.39 is 0 Å². The second-order valence-electron chi connectivity index (χ2n) is 8.48. The number of carbonyl (C=O) groups is 1. The minimum Gasteiger partial charge on any atom is -0.496 e. The summed E-state index contributed by atoms with van der Waals surface area (Å²) in [5.41, 5.74) is 3.01. The number of ketones is 1. The molecular weight excluding hydrogens is 312 g/mol. The highest BCUT2D eigenvalue weighted by atomic mass is 16.5. The number of aryl methyl sites for hydroxylation is 1. The number of fused-ring (bicyclic) bond motifs is 1. The predicted molar refractivity (Wildman–Crippen MR) is 100 cm³/mol. The fraction of sp³-hybridized carbons (Fsp3) is 0.591. The van der Waals surface area contributed by atoms with E-state index in [2.05, 4.69) is 45.9 Å². The van der Waals surface area contributed by atoms with Gasteiger partial charge in [0.1, 0.15) is 17.1 Å². The van der Waals surface area contributed by atoms with Crippen molar-refractivity contribution in [2.45, 2.75) is 71.8 Å². The van der Waals surface area contributed by atoms with Crippen LogP contribution in [0.3, 0.4) is 0 Å². The van der Waals surface area contributed by atoms with Gasteiger partial charge >= 0.3 is 0 Å². The molecule has 0 N–H and O–H groups in total. The van der Waals surface area contributed by atoms with E-state index in [1.807, 2.05) is 0 Å². The van der Waals surface area contributed by atoms with Gasteiger partial charge in [-0.3, -0.25) is 4.79 Å². The molecule has 0 unspecified atom stereocenters. The Morgan fingerprint density at radius 2 is 1.96 bits per heavy atom. The summed E-state index contributed by atoms with van der Waals surface area (Å²) in [6.45, 7) is 8.58. The molecule has 0 saturated heterocycles. The van der Waals surface area contributed by atoms with E-state index in [0.29, 0.717) is 12.2 Å². The fourth-order valence-corrected chi connectivity index (χ4v) is 4.17. The lowest BCUT2D eigenvalue weighted by molar-refractivity contribution is -0.117. The molecule has 1 aliphatic heterocycles. The molecule has 1 heterocycles. The van der Waals surface area contributed by atoms with Crippen LogP contribution in [-0.4, -0.2) is 18.5 Å². The highest BCUT2D eigenvalue weighted by Gasteiger charge is 2.36. The predicted octanol–water partition coefficient (Wildman–Crippen LogP) is 5.18. The molecule has 3 nitrogen and oxygen atoms in total. The lowest BCUT2D eigenvalue weighted by atomic mass is 9.71. The average molecular weight is 342 g/mol. The second-order valence-corrected chi connectivity index (χ2v) is 8.48. The SMILES string of the molecule is COc1cc(C)cc2c1CC[C@](C)(C/C=C1\C(=O)CCCC1(C)C)O2. The van der Waals surface area contributed by atoms with Crippen molar-refractivity contribution in [1.82, 2.24) is 0 Å². The van der Waals surface area contributed by atoms with Crippen LogP contribution in [0.25, 0.3) is 0 Å². The third kappa shape index (κ3) is 3.61. The number of rotatable bonds is 3. The molecule has 1 fully saturated rings. The first-order valence-corrected chi connectivity index (χ1v) is 9.34. The van der Waals surface area contributed by atoms with E-state index in [4.69, 9.17) is 9.47 Å². The Morgan fingerprint density at radius 3 is 2.64 bits per heavy atom. The number of allylic oxidation sites excluding steroid dienone is 1. The first kappa shape index (κ1) is 18.0. The van der Waals surface area contributed by atoms with Crippen LogP contribution in [-0.2, 0) is 11.2 Å². The molecule has 0 radical (unpaired) electrons. The fourth-order valence-electron chi connectivity index (χ4n) is 4.17. The minimum absolute atomic E-state index is 0.0158. The lowest BCUT2D eigenvalue weighted by Gasteiger charge is -2.37. The van der Waals surface area contributed by atoms with Crippen molar-refractivity contribution in [3.05, 3.63) is 34.9 Å². The van der Waals surface area contributed by atoms with Gasteiger partial charge in [-0.05, 0) is 68.2 Å². The van der Waals surface area contributed by atoms with E-state index >= 15 is 0 Å². The summed E-state index contributed by atoms with van der Waals surface area (Å²) in [5, 5.41) is 0. The van der Waals surface area contributed by atoms with Crippen LogP contribution in [0.15, 0.2) is 23.8 Å². The Labute approximate surface area is 151 Å². The summed E-state index contributed by atoms with van der Waals surface area (Å²) in [6.07, 6.45) is 7.57. The molecule has 3 rings (SSSR count). The van der Waals surface area contributed by atoms with Crippen LogP contribution in [0.1, 0.15) is 64.0 Å². The van der Waals surface area contributed by atoms with Crippen molar-refractivity contribution in [2.24, 2.45) is 5.41 Å². The lowest BCUT2D eigenvalue weighted by Crippen LogP contribution is -2.36. The van der Waals surface area contributed by atoms with E-state index in [1.165, 1.54) is 0 Å². The van der Waals surface area contributed by atoms with Gasteiger partial charge in [-0.15, -0.1) is 0 Å². The zero-order valence-electron chi connectivity index (χ0n) is 16.2. The van der Waals surface area contributed by atoms with Gasteiger partial charge in [-0.1, -0.05) is 19.9 Å². The molecule has 0 amide bonds. The third-order valence-electron chi connectivity index (χ3n) is 5.77. The average Bonchev–Trinajstić information content (AvgIpc) is 2.52. The summed E-state index contributed by atoms with van der Waals surface area (Å²) in [5.74, 6) is 2.16. The second kappa shape index (κ2) is 6.51. The van der Waals surface area contributed by atoms with Crippen molar-refractivity contribution >= 4 is 5.78 Å². The van der Waals surface area contributed by atoms with Crippen molar-refractivity contribution in [1.29, 1.82) is 0 Å². The molecule has 1 saturated carbocycles. The van der Waals surface area contributed by atoms with E-state index in [1.54, 1.807) is 7.11 Å². The number of ether oxygens (including phenoxy) is 2. The van der Waals surface area contributed by atoms with Gasteiger partial charge in [0.15, 0.2) is 5.78 Å². The number of methoxy groups -OCH3 is 1. The minimum atomic E-state index is -0.271. The van der Waals surface area contributed by atoms with Crippen LogP contribution < -0.4 is 9.47 Å². The van der Waals surface area contributed by atoms with Gasteiger partial charge in [-0.2, -0.15) is 0 Å². The number of Topliss-reactive ketones (excluding diaryl/α,β-unsaturated/α-hetero) is 1. The van der Waals surface area contributed by atoms with Crippen LogP contribution >= 0.6 is 0 Å². The molecule has 1 aromatic carbocycles. The number of hydrogen-bond acceptors (Lipinski definition) is 3. The first-order chi connectivity index (χ1) is 11.7. The van der Waals surface area contributed by atoms with E-state index in [9.17, 15) is 4.79 Å². The zero-order chi connectivity index (χ0) is 18.2. The summed E-state index contributed by atoms with van der Waals surface area (Å²) in [6, 6.07) is 4.16. The highest BCUT2D eigenvalue weighted by Crippen LogP contribution is 2.43. The third-order valence-corrected chi connectivity index (χ3v) is 5.77. The van der Waals surface area contributed by atoms with Crippen molar-refractivity contribution < 1.29 is 14.3 Å². The summed E-state index contributed by atoms with van der Waals surface area (Å²) in [7, 11) is 1.71. The number of hydrogen-bond donors (Lipinski definition) is 0. The Hall–Kier alpha value is -1.77. The van der Waals surface area contributed by atoms with Gasteiger partial charge in [0.05, 0.1) is 7.11 Å². The Morgan fingerprint density at radius 1 is 1.20 bits per heavy atom. The molecule has 1 aliphatic carbocycles. The Bertz CT molecular complexity index is 714. The van der Waals surface area contributed by atoms with Crippen LogP contribution in [0.5, 0.6) is 11.5 Å². The van der Waals surface area contributed by atoms with Crippen LogP contribution in [0.2, 0.25) is 0 Å². The number of benzene rings is 1. The van der Waals surface area contributed by atoms with Gasteiger partial charge in [0.25, 0.3) is 0 Å². The molecular formula is C22H30O3. The molecule has 1 aromatic rings. The smallest absolute Gasteiger partial charge is 0.159 e. The summed E-state index contributed by atoms with van der Waals surface area (Å²) in [4.78, 5) is 12.4. The summed E-state index contributed by atoms with van der Waals surface area (Å²) < 4.78 is 11.9. The maximum Gasteiger partial charge on any atom is 0.159 e.